The van der Waals surface area contributed by atoms with Crippen molar-refractivity contribution in [3.05, 3.63) is 65.2 Å². The number of benzene rings is 2. The van der Waals surface area contributed by atoms with Crippen molar-refractivity contribution in [2.75, 3.05) is 24.1 Å². The second-order valence-corrected chi connectivity index (χ2v) is 8.68. The van der Waals surface area contributed by atoms with Gasteiger partial charge in [-0.15, -0.1) is 12.4 Å². The number of thioether (sulfide) groups is 1. The van der Waals surface area contributed by atoms with Gasteiger partial charge in [-0.2, -0.15) is 5.26 Å². The van der Waals surface area contributed by atoms with Crippen LogP contribution in [0.4, 0.5) is 11.5 Å². The first kappa shape index (κ1) is 28.6. The lowest BCUT2D eigenvalue weighted by atomic mass is 10.1. The van der Waals surface area contributed by atoms with E-state index in [4.69, 9.17) is 11.5 Å². The molecule has 6 N–H and O–H groups in total. The molecule has 0 radical (unpaired) electrons. The van der Waals surface area contributed by atoms with Gasteiger partial charge in [0.2, 0.25) is 11.8 Å². The maximum absolute atomic E-state index is 11.8. The van der Waals surface area contributed by atoms with Gasteiger partial charge in [0.25, 0.3) is 0 Å². The summed E-state index contributed by atoms with van der Waals surface area (Å²) >= 11 is 1.41. The Balaban J connectivity index is 0.00000456. The molecule has 0 saturated carbocycles. The highest BCUT2D eigenvalue weighted by Crippen LogP contribution is 2.29. The van der Waals surface area contributed by atoms with Gasteiger partial charge in [0, 0.05) is 43.4 Å². The smallest absolute Gasteiger partial charge is 0.221 e. The zero-order valence-electron chi connectivity index (χ0n) is 19.8. The number of aryl methyl sites for hydroxylation is 1. The number of rotatable bonds is 10. The molecule has 0 aliphatic heterocycles. The Morgan fingerprint density at radius 3 is 2.50 bits per heavy atom. The number of anilines is 2. The molecule has 0 aliphatic carbocycles. The first-order valence-electron chi connectivity index (χ1n) is 11.0. The predicted octanol–water partition coefficient (Wildman–Crippen LogP) is 3.28. The summed E-state index contributed by atoms with van der Waals surface area (Å²) in [5, 5.41) is 15.5. The SMILES string of the molecule is CC(=O)Nc1ccc(-c2nc(SCc3cccc(CCC(=O)NCCN)c3)nc(N)c2C#N)cc1.Cl. The van der Waals surface area contributed by atoms with Gasteiger partial charge in [0.15, 0.2) is 5.16 Å². The molecule has 0 atom stereocenters. The van der Waals surface area contributed by atoms with Gasteiger partial charge in [-0.25, -0.2) is 9.97 Å². The number of hydrogen-bond acceptors (Lipinski definition) is 8. The Morgan fingerprint density at radius 2 is 1.83 bits per heavy atom. The van der Waals surface area contributed by atoms with Gasteiger partial charge in [-0.3, -0.25) is 9.59 Å². The van der Waals surface area contributed by atoms with Crippen LogP contribution < -0.4 is 22.1 Å². The summed E-state index contributed by atoms with van der Waals surface area (Å²) in [6, 6.07) is 17.1. The van der Waals surface area contributed by atoms with E-state index in [2.05, 4.69) is 32.7 Å². The maximum atomic E-state index is 11.8. The molecule has 2 aromatic carbocycles. The molecule has 11 heteroatoms. The predicted molar refractivity (Wildman–Crippen MR) is 145 cm³/mol. The first-order chi connectivity index (χ1) is 16.9. The minimum Gasteiger partial charge on any atom is -0.382 e. The molecule has 0 aliphatic rings. The van der Waals surface area contributed by atoms with Crippen molar-refractivity contribution in [2.24, 2.45) is 5.73 Å². The van der Waals surface area contributed by atoms with Crippen LogP contribution in [0.1, 0.15) is 30.0 Å². The van der Waals surface area contributed by atoms with Crippen LogP contribution in [0.15, 0.2) is 53.7 Å². The van der Waals surface area contributed by atoms with Gasteiger partial charge in [-0.1, -0.05) is 48.2 Å². The van der Waals surface area contributed by atoms with E-state index in [1.165, 1.54) is 18.7 Å². The third-order valence-electron chi connectivity index (χ3n) is 4.97. The fourth-order valence-corrected chi connectivity index (χ4v) is 4.13. The average molecular weight is 526 g/mol. The van der Waals surface area contributed by atoms with Crippen LogP contribution in [0.2, 0.25) is 0 Å². The van der Waals surface area contributed by atoms with Crippen LogP contribution in [0.25, 0.3) is 11.3 Å². The fourth-order valence-electron chi connectivity index (χ4n) is 3.34. The van der Waals surface area contributed by atoms with E-state index < -0.39 is 0 Å². The third kappa shape index (κ3) is 8.23. The van der Waals surface area contributed by atoms with Gasteiger partial charge < -0.3 is 22.1 Å². The number of aromatic nitrogens is 2. The number of nitrogens with one attached hydrogen (secondary N) is 2. The monoisotopic (exact) mass is 525 g/mol. The Hall–Kier alpha value is -3.65. The van der Waals surface area contributed by atoms with Gasteiger partial charge in [0.1, 0.15) is 17.5 Å². The third-order valence-corrected chi connectivity index (χ3v) is 5.89. The molecule has 0 spiro atoms. The van der Waals surface area contributed by atoms with Gasteiger partial charge in [-0.05, 0) is 29.7 Å². The molecule has 0 bridgehead atoms. The highest BCUT2D eigenvalue weighted by molar-refractivity contribution is 7.98. The Kier molecular flexibility index (Phi) is 11.1. The zero-order valence-corrected chi connectivity index (χ0v) is 21.4. The summed E-state index contributed by atoms with van der Waals surface area (Å²) in [6.45, 7) is 2.33. The average Bonchev–Trinajstić information content (AvgIpc) is 2.85. The Bertz CT molecular complexity index is 1250. The molecule has 1 aromatic heterocycles. The van der Waals surface area contributed by atoms with Crippen molar-refractivity contribution in [2.45, 2.75) is 30.7 Å². The van der Waals surface area contributed by atoms with Crippen LogP contribution in [-0.4, -0.2) is 34.9 Å². The van der Waals surface area contributed by atoms with Crippen molar-refractivity contribution in [1.29, 1.82) is 5.26 Å². The van der Waals surface area contributed by atoms with Crippen molar-refractivity contribution in [1.82, 2.24) is 15.3 Å². The van der Waals surface area contributed by atoms with Crippen LogP contribution in [0.5, 0.6) is 0 Å². The number of carbonyl (C=O) groups is 2. The number of halogens is 1. The molecule has 3 rings (SSSR count). The molecule has 9 nitrogen and oxygen atoms in total. The summed E-state index contributed by atoms with van der Waals surface area (Å²) in [5.74, 6) is 0.524. The number of hydrogen-bond donors (Lipinski definition) is 4. The van der Waals surface area contributed by atoms with E-state index in [1.54, 1.807) is 24.3 Å². The standard InChI is InChI=1S/C25H27N7O2S.ClH/c1-16(33)30-20-8-6-19(7-9-20)23-21(14-27)24(28)32-25(31-23)35-15-18-4-2-3-17(13-18)5-10-22(34)29-12-11-26;/h2-4,6-9,13H,5,10-12,15,26H2,1H3,(H,29,34)(H,30,33)(H2,28,31,32);1H. The summed E-state index contributed by atoms with van der Waals surface area (Å²) in [7, 11) is 0. The number of amides is 2. The second kappa shape index (κ2) is 14.0. The minimum atomic E-state index is -0.167. The van der Waals surface area contributed by atoms with Crippen molar-refractivity contribution in [3.63, 3.8) is 0 Å². The highest BCUT2D eigenvalue weighted by atomic mass is 35.5. The summed E-state index contributed by atoms with van der Waals surface area (Å²) in [4.78, 5) is 32.0. The molecule has 0 saturated heterocycles. The van der Waals surface area contributed by atoms with E-state index in [9.17, 15) is 14.9 Å². The van der Waals surface area contributed by atoms with Crippen molar-refractivity contribution in [3.8, 4) is 17.3 Å². The summed E-state index contributed by atoms with van der Waals surface area (Å²) in [5.41, 5.74) is 15.6. The van der Waals surface area contributed by atoms with Gasteiger partial charge >= 0.3 is 0 Å². The second-order valence-electron chi connectivity index (χ2n) is 7.73. The van der Waals surface area contributed by atoms with E-state index in [0.29, 0.717) is 53.8 Å². The number of nitriles is 1. The number of carbonyl (C=O) groups excluding carboxylic acids is 2. The highest BCUT2D eigenvalue weighted by Gasteiger charge is 2.15. The molecule has 2 amide bonds. The van der Waals surface area contributed by atoms with E-state index in [1.807, 2.05) is 18.2 Å². The lowest BCUT2D eigenvalue weighted by molar-refractivity contribution is -0.121. The Morgan fingerprint density at radius 1 is 1.11 bits per heavy atom. The lowest BCUT2D eigenvalue weighted by Crippen LogP contribution is -2.29. The van der Waals surface area contributed by atoms with Crippen LogP contribution >= 0.6 is 24.2 Å². The van der Waals surface area contributed by atoms with E-state index in [-0.39, 0.29) is 35.6 Å². The molecular weight excluding hydrogens is 498 g/mol. The molecule has 1 heterocycles. The van der Waals surface area contributed by atoms with Crippen LogP contribution in [0, 0.1) is 11.3 Å². The summed E-state index contributed by atoms with van der Waals surface area (Å²) < 4.78 is 0. The lowest BCUT2D eigenvalue weighted by Gasteiger charge is -2.10. The zero-order chi connectivity index (χ0) is 25.2. The van der Waals surface area contributed by atoms with Crippen molar-refractivity contribution < 1.29 is 9.59 Å². The first-order valence-corrected chi connectivity index (χ1v) is 12.0. The fraction of sp³-hybridized carbons (Fsp3) is 0.240. The van der Waals surface area contributed by atoms with Crippen molar-refractivity contribution >= 4 is 47.5 Å². The van der Waals surface area contributed by atoms with Gasteiger partial charge in [0.05, 0.1) is 5.69 Å². The maximum Gasteiger partial charge on any atom is 0.221 e. The van der Waals surface area contributed by atoms with Crippen LogP contribution in [-0.2, 0) is 21.8 Å². The normalized spacial score (nSPS) is 10.1. The van der Waals surface area contributed by atoms with E-state index in [0.717, 1.165) is 11.1 Å². The van der Waals surface area contributed by atoms with Crippen LogP contribution in [0.3, 0.4) is 0 Å². The largest absolute Gasteiger partial charge is 0.382 e. The molecule has 188 valence electrons. The summed E-state index contributed by atoms with van der Waals surface area (Å²) in [6.07, 6.45) is 1.03. The number of nitrogens with zero attached hydrogens (tertiary/aromatic N) is 3. The Labute approximate surface area is 220 Å². The quantitative estimate of drug-likeness (QED) is 0.232. The number of nitrogen functional groups attached to an aromatic ring is 1. The minimum absolute atomic E-state index is 0. The van der Waals surface area contributed by atoms with E-state index >= 15 is 0 Å². The molecule has 0 unspecified atom stereocenters. The molecule has 3 aromatic rings. The molecule has 36 heavy (non-hydrogen) atoms. The topological polar surface area (TPSA) is 160 Å². The molecular formula is C25H28ClN7O2S. The number of nitrogens with two attached hydrogens (primary N) is 2. The molecule has 0 fully saturated rings.